The summed E-state index contributed by atoms with van der Waals surface area (Å²) in [5.74, 6) is 0.466. The second-order valence-electron chi connectivity index (χ2n) is 4.98. The molecular weight excluding hydrogens is 323 g/mol. The molecule has 20 heavy (non-hydrogen) atoms. The van der Waals surface area contributed by atoms with E-state index in [4.69, 9.17) is 4.74 Å². The Morgan fingerprint density at radius 1 is 1.25 bits per heavy atom. The number of aliphatic hydroxyl groups is 1. The normalized spacial score (nSPS) is 17.1. The number of hydrogen-bond acceptors (Lipinski definition) is 2. The average Bonchev–Trinajstić information content (AvgIpc) is 2.77. The van der Waals surface area contributed by atoms with Crippen molar-refractivity contribution >= 4 is 15.9 Å². The van der Waals surface area contributed by atoms with Gasteiger partial charge in [-0.2, -0.15) is 0 Å². The smallest absolute Gasteiger partial charge is 0.124 e. The molecule has 0 fully saturated rings. The fourth-order valence-corrected chi connectivity index (χ4v) is 3.03. The predicted molar refractivity (Wildman–Crippen MR) is 78.2 cm³/mol. The van der Waals surface area contributed by atoms with Crippen molar-refractivity contribution in [2.45, 2.75) is 25.6 Å². The molecular formula is C16H14BrFO2. The Kier molecular flexibility index (Phi) is 3.76. The van der Waals surface area contributed by atoms with Gasteiger partial charge in [0.25, 0.3) is 0 Å². The van der Waals surface area contributed by atoms with E-state index in [2.05, 4.69) is 15.9 Å². The molecule has 4 heteroatoms. The summed E-state index contributed by atoms with van der Waals surface area (Å²) in [5.41, 5.74) is 2.90. The monoisotopic (exact) mass is 336 g/mol. The first-order valence-corrected chi connectivity index (χ1v) is 7.30. The van der Waals surface area contributed by atoms with Gasteiger partial charge in [0.15, 0.2) is 0 Å². The van der Waals surface area contributed by atoms with Gasteiger partial charge < -0.3 is 9.84 Å². The molecule has 0 bridgehead atoms. The van der Waals surface area contributed by atoms with E-state index in [-0.39, 0.29) is 11.9 Å². The van der Waals surface area contributed by atoms with Gasteiger partial charge in [-0.15, -0.1) is 0 Å². The Bertz CT molecular complexity index is 622. The second kappa shape index (κ2) is 5.54. The van der Waals surface area contributed by atoms with Crippen LogP contribution in [0.3, 0.4) is 0 Å². The van der Waals surface area contributed by atoms with Gasteiger partial charge in [0.2, 0.25) is 0 Å². The molecule has 0 aromatic heterocycles. The SMILES string of the molecule is O[C@@H]1CCc2cc(OCc3cc(F)cc(Br)c3)ccc21. The van der Waals surface area contributed by atoms with Crippen LogP contribution in [0.2, 0.25) is 0 Å². The van der Waals surface area contributed by atoms with E-state index in [0.717, 1.165) is 35.3 Å². The number of aliphatic hydroxyl groups excluding tert-OH is 1. The average molecular weight is 337 g/mol. The molecule has 1 N–H and O–H groups in total. The largest absolute Gasteiger partial charge is 0.489 e. The number of halogens is 2. The van der Waals surface area contributed by atoms with Gasteiger partial charge in [-0.3, -0.25) is 0 Å². The number of fused-ring (bicyclic) bond motifs is 1. The first-order valence-electron chi connectivity index (χ1n) is 6.50. The van der Waals surface area contributed by atoms with Crippen molar-refractivity contribution in [2.75, 3.05) is 0 Å². The third-order valence-electron chi connectivity index (χ3n) is 3.49. The van der Waals surface area contributed by atoms with Crippen LogP contribution in [0, 0.1) is 5.82 Å². The third kappa shape index (κ3) is 2.86. The minimum Gasteiger partial charge on any atom is -0.489 e. The van der Waals surface area contributed by atoms with E-state index >= 15 is 0 Å². The first-order chi connectivity index (χ1) is 9.61. The van der Waals surface area contributed by atoms with Crippen LogP contribution in [0.15, 0.2) is 40.9 Å². The first kappa shape index (κ1) is 13.6. The van der Waals surface area contributed by atoms with E-state index in [1.54, 1.807) is 0 Å². The lowest BCUT2D eigenvalue weighted by molar-refractivity contribution is 0.180. The highest BCUT2D eigenvalue weighted by atomic mass is 79.9. The molecule has 104 valence electrons. The molecule has 0 heterocycles. The number of ether oxygens (including phenoxy) is 1. The molecule has 0 saturated heterocycles. The van der Waals surface area contributed by atoms with Crippen LogP contribution in [-0.2, 0) is 13.0 Å². The molecule has 1 atom stereocenters. The predicted octanol–water partition coefficient (Wildman–Crippen LogP) is 4.15. The molecule has 0 radical (unpaired) electrons. The standard InChI is InChI=1S/C16H14BrFO2/c17-12-5-10(6-13(18)8-12)9-20-14-2-3-15-11(7-14)1-4-16(15)19/h2-3,5-8,16,19H,1,4,9H2/t16-/m1/s1. The highest BCUT2D eigenvalue weighted by molar-refractivity contribution is 9.10. The Labute approximate surface area is 125 Å². The van der Waals surface area contributed by atoms with Crippen LogP contribution < -0.4 is 4.74 Å². The molecule has 0 unspecified atom stereocenters. The summed E-state index contributed by atoms with van der Waals surface area (Å²) in [6.45, 7) is 0.317. The molecule has 2 aromatic carbocycles. The maximum Gasteiger partial charge on any atom is 0.124 e. The van der Waals surface area contributed by atoms with Gasteiger partial charge in [0.1, 0.15) is 18.2 Å². The molecule has 0 spiro atoms. The Balaban J connectivity index is 1.72. The molecule has 0 saturated carbocycles. The fourth-order valence-electron chi connectivity index (χ4n) is 2.52. The van der Waals surface area contributed by atoms with E-state index < -0.39 is 0 Å². The summed E-state index contributed by atoms with van der Waals surface area (Å²) in [6, 6.07) is 10.4. The van der Waals surface area contributed by atoms with Crippen molar-refractivity contribution in [3.8, 4) is 5.75 Å². The topological polar surface area (TPSA) is 29.5 Å². The van der Waals surface area contributed by atoms with E-state index in [1.165, 1.54) is 12.1 Å². The quantitative estimate of drug-likeness (QED) is 0.912. The van der Waals surface area contributed by atoms with E-state index in [0.29, 0.717) is 11.1 Å². The lowest BCUT2D eigenvalue weighted by atomic mass is 10.1. The Morgan fingerprint density at radius 3 is 2.90 bits per heavy atom. The van der Waals surface area contributed by atoms with Gasteiger partial charge in [0.05, 0.1) is 6.10 Å². The van der Waals surface area contributed by atoms with Gasteiger partial charge >= 0.3 is 0 Å². The second-order valence-corrected chi connectivity index (χ2v) is 5.90. The molecule has 2 aromatic rings. The number of aryl methyl sites for hydroxylation is 1. The van der Waals surface area contributed by atoms with Gasteiger partial charge in [-0.1, -0.05) is 22.0 Å². The van der Waals surface area contributed by atoms with Gasteiger partial charge in [0, 0.05) is 4.47 Å². The number of hydrogen-bond donors (Lipinski definition) is 1. The molecule has 2 nitrogen and oxygen atoms in total. The fraction of sp³-hybridized carbons (Fsp3) is 0.250. The highest BCUT2D eigenvalue weighted by Crippen LogP contribution is 2.33. The van der Waals surface area contributed by atoms with Crippen LogP contribution in [0.25, 0.3) is 0 Å². The van der Waals surface area contributed by atoms with Crippen molar-refractivity contribution in [1.29, 1.82) is 0 Å². The minimum absolute atomic E-state index is 0.282. The summed E-state index contributed by atoms with van der Waals surface area (Å²) >= 11 is 3.26. The lowest BCUT2D eigenvalue weighted by Crippen LogP contribution is -1.97. The molecule has 0 aliphatic heterocycles. The Hall–Kier alpha value is -1.39. The van der Waals surface area contributed by atoms with Crippen molar-refractivity contribution in [3.63, 3.8) is 0 Å². The van der Waals surface area contributed by atoms with Crippen LogP contribution in [0.1, 0.15) is 29.2 Å². The van der Waals surface area contributed by atoms with E-state index in [9.17, 15) is 9.50 Å². The lowest BCUT2D eigenvalue weighted by Gasteiger charge is -2.09. The van der Waals surface area contributed by atoms with Gasteiger partial charge in [-0.05, 0) is 59.9 Å². The maximum absolute atomic E-state index is 13.3. The van der Waals surface area contributed by atoms with Crippen LogP contribution in [0.5, 0.6) is 5.75 Å². The van der Waals surface area contributed by atoms with Crippen molar-refractivity contribution < 1.29 is 14.2 Å². The summed E-state index contributed by atoms with van der Waals surface area (Å²) in [6.07, 6.45) is 1.30. The molecule has 0 amide bonds. The summed E-state index contributed by atoms with van der Waals surface area (Å²) in [7, 11) is 0. The number of rotatable bonds is 3. The zero-order chi connectivity index (χ0) is 14.1. The van der Waals surface area contributed by atoms with Crippen molar-refractivity contribution in [2.24, 2.45) is 0 Å². The van der Waals surface area contributed by atoms with Crippen LogP contribution >= 0.6 is 15.9 Å². The summed E-state index contributed by atoms with van der Waals surface area (Å²) in [5, 5.41) is 9.75. The minimum atomic E-state index is -0.349. The van der Waals surface area contributed by atoms with Gasteiger partial charge in [-0.25, -0.2) is 4.39 Å². The van der Waals surface area contributed by atoms with E-state index in [1.807, 2.05) is 24.3 Å². The molecule has 3 rings (SSSR count). The zero-order valence-corrected chi connectivity index (χ0v) is 12.4. The molecule has 1 aliphatic rings. The van der Waals surface area contributed by atoms with Crippen LogP contribution in [-0.4, -0.2) is 5.11 Å². The summed E-state index contributed by atoms with van der Waals surface area (Å²) < 4.78 is 19.7. The van der Waals surface area contributed by atoms with Crippen molar-refractivity contribution in [1.82, 2.24) is 0 Å². The zero-order valence-electron chi connectivity index (χ0n) is 10.8. The summed E-state index contributed by atoms with van der Waals surface area (Å²) in [4.78, 5) is 0. The third-order valence-corrected chi connectivity index (χ3v) is 3.95. The van der Waals surface area contributed by atoms with Crippen LogP contribution in [0.4, 0.5) is 4.39 Å². The molecule has 1 aliphatic carbocycles. The van der Waals surface area contributed by atoms with Crippen molar-refractivity contribution in [3.05, 3.63) is 63.4 Å². The highest BCUT2D eigenvalue weighted by Gasteiger charge is 2.20. The maximum atomic E-state index is 13.3. The number of benzene rings is 2. The Morgan fingerprint density at radius 2 is 2.10 bits per heavy atom.